The Labute approximate surface area is 125 Å². The number of nitrogens with one attached hydrogen (secondary N) is 1. The Kier molecular flexibility index (Phi) is 4.34. The van der Waals surface area contributed by atoms with Crippen LogP contribution in [0.5, 0.6) is 5.75 Å². The molecule has 0 atom stereocenters. The third-order valence-electron chi connectivity index (χ3n) is 2.57. The largest absolute Gasteiger partial charge is 0.495 e. The molecule has 0 aliphatic heterocycles. The van der Waals surface area contributed by atoms with Crippen molar-refractivity contribution in [1.29, 1.82) is 0 Å². The van der Waals surface area contributed by atoms with Crippen LogP contribution in [0.2, 0.25) is 5.15 Å². The first kappa shape index (κ1) is 14.7. The number of benzene rings is 1. The maximum absolute atomic E-state index is 12.1. The van der Waals surface area contributed by atoms with Crippen molar-refractivity contribution in [1.82, 2.24) is 9.97 Å². The van der Waals surface area contributed by atoms with Gasteiger partial charge in [0, 0.05) is 5.56 Å². The summed E-state index contributed by atoms with van der Waals surface area (Å²) in [6.07, 6.45) is 2.58. The standard InChI is InChI=1S/C13H11ClN4O3/c1-21-10-3-2-7(12(15)19)4-8(10)18-13(20)9-5-16-6-11(14)17-9/h2-6H,1H3,(H2,15,19)(H,18,20). The summed E-state index contributed by atoms with van der Waals surface area (Å²) in [5.41, 5.74) is 5.77. The highest BCUT2D eigenvalue weighted by molar-refractivity contribution is 6.29. The number of methoxy groups -OCH3 is 1. The quantitative estimate of drug-likeness (QED) is 0.890. The lowest BCUT2D eigenvalue weighted by Crippen LogP contribution is -2.16. The summed E-state index contributed by atoms with van der Waals surface area (Å²) in [6, 6.07) is 4.44. The molecule has 0 aliphatic rings. The number of aromatic nitrogens is 2. The topological polar surface area (TPSA) is 107 Å². The van der Waals surface area contributed by atoms with Crippen molar-refractivity contribution in [2.45, 2.75) is 0 Å². The van der Waals surface area contributed by atoms with Gasteiger partial charge >= 0.3 is 0 Å². The van der Waals surface area contributed by atoms with Gasteiger partial charge in [-0.25, -0.2) is 4.98 Å². The number of anilines is 1. The maximum Gasteiger partial charge on any atom is 0.276 e. The number of carbonyl (C=O) groups excluding carboxylic acids is 2. The van der Waals surface area contributed by atoms with E-state index in [1.54, 1.807) is 0 Å². The van der Waals surface area contributed by atoms with Crippen LogP contribution < -0.4 is 15.8 Å². The number of carbonyl (C=O) groups is 2. The Morgan fingerprint density at radius 3 is 2.71 bits per heavy atom. The van der Waals surface area contributed by atoms with Crippen LogP contribution in [-0.2, 0) is 0 Å². The number of rotatable bonds is 4. The molecule has 1 heterocycles. The van der Waals surface area contributed by atoms with Crippen molar-refractivity contribution in [2.75, 3.05) is 12.4 Å². The molecule has 0 aliphatic carbocycles. The zero-order chi connectivity index (χ0) is 15.4. The van der Waals surface area contributed by atoms with E-state index in [4.69, 9.17) is 22.1 Å². The Hall–Kier alpha value is -2.67. The van der Waals surface area contributed by atoms with E-state index in [0.29, 0.717) is 11.4 Å². The first-order valence-electron chi connectivity index (χ1n) is 5.78. The van der Waals surface area contributed by atoms with Gasteiger partial charge in [0.25, 0.3) is 5.91 Å². The van der Waals surface area contributed by atoms with Crippen molar-refractivity contribution in [3.8, 4) is 5.75 Å². The van der Waals surface area contributed by atoms with E-state index in [0.717, 1.165) is 0 Å². The molecular weight excluding hydrogens is 296 g/mol. The molecule has 21 heavy (non-hydrogen) atoms. The van der Waals surface area contributed by atoms with Crippen molar-refractivity contribution in [2.24, 2.45) is 5.73 Å². The predicted octanol–water partition coefficient (Wildman–Crippen LogP) is 1.49. The van der Waals surface area contributed by atoms with E-state index >= 15 is 0 Å². The van der Waals surface area contributed by atoms with Crippen LogP contribution in [0.15, 0.2) is 30.6 Å². The molecule has 0 bridgehead atoms. The van der Waals surface area contributed by atoms with Gasteiger partial charge in [-0.1, -0.05) is 11.6 Å². The average molecular weight is 307 g/mol. The van der Waals surface area contributed by atoms with Gasteiger partial charge in [-0.05, 0) is 18.2 Å². The minimum absolute atomic E-state index is 0.0361. The first-order chi connectivity index (χ1) is 10.0. The highest BCUT2D eigenvalue weighted by atomic mass is 35.5. The van der Waals surface area contributed by atoms with E-state index in [-0.39, 0.29) is 16.4 Å². The molecule has 3 N–H and O–H groups in total. The molecule has 0 saturated heterocycles. The summed E-state index contributed by atoms with van der Waals surface area (Å²) in [5.74, 6) is -0.774. The fraction of sp³-hybridized carbons (Fsp3) is 0.0769. The molecule has 2 aromatic rings. The molecule has 1 aromatic carbocycles. The van der Waals surface area contributed by atoms with Crippen LogP contribution in [0.25, 0.3) is 0 Å². The number of halogens is 1. The molecule has 0 spiro atoms. The van der Waals surface area contributed by atoms with Gasteiger partial charge in [-0.2, -0.15) is 0 Å². The van der Waals surface area contributed by atoms with Crippen molar-refractivity contribution in [3.63, 3.8) is 0 Å². The van der Waals surface area contributed by atoms with Gasteiger partial charge in [0.2, 0.25) is 5.91 Å². The minimum atomic E-state index is -0.615. The Morgan fingerprint density at radius 2 is 2.10 bits per heavy atom. The van der Waals surface area contributed by atoms with Gasteiger partial charge in [0.05, 0.1) is 25.2 Å². The lowest BCUT2D eigenvalue weighted by atomic mass is 10.1. The zero-order valence-electron chi connectivity index (χ0n) is 11.0. The molecule has 7 nitrogen and oxygen atoms in total. The molecule has 2 rings (SSSR count). The average Bonchev–Trinajstić information content (AvgIpc) is 2.47. The van der Waals surface area contributed by atoms with Crippen LogP contribution in [0, 0.1) is 0 Å². The monoisotopic (exact) mass is 306 g/mol. The predicted molar refractivity (Wildman–Crippen MR) is 76.5 cm³/mol. The highest BCUT2D eigenvalue weighted by Gasteiger charge is 2.13. The fourth-order valence-corrected chi connectivity index (χ4v) is 1.74. The van der Waals surface area contributed by atoms with Crippen molar-refractivity contribution >= 4 is 29.1 Å². The molecule has 2 amide bonds. The zero-order valence-corrected chi connectivity index (χ0v) is 11.7. The van der Waals surface area contributed by atoms with Crippen LogP contribution in [-0.4, -0.2) is 28.9 Å². The van der Waals surface area contributed by atoms with E-state index in [9.17, 15) is 9.59 Å². The Morgan fingerprint density at radius 1 is 1.33 bits per heavy atom. The van der Waals surface area contributed by atoms with E-state index in [1.807, 2.05) is 0 Å². The number of nitrogens with zero attached hydrogens (tertiary/aromatic N) is 2. The molecule has 1 aromatic heterocycles. The summed E-state index contributed by atoms with van der Waals surface area (Å²) in [7, 11) is 1.44. The Bertz CT molecular complexity index is 706. The van der Waals surface area contributed by atoms with Gasteiger partial charge in [-0.15, -0.1) is 0 Å². The normalized spacial score (nSPS) is 10.0. The van der Waals surface area contributed by atoms with Crippen molar-refractivity contribution < 1.29 is 14.3 Å². The second-order valence-electron chi connectivity index (χ2n) is 3.96. The van der Waals surface area contributed by atoms with Crippen LogP contribution >= 0.6 is 11.6 Å². The smallest absolute Gasteiger partial charge is 0.276 e. The van der Waals surface area contributed by atoms with Gasteiger partial charge in [0.15, 0.2) is 0 Å². The van der Waals surface area contributed by atoms with Gasteiger partial charge < -0.3 is 15.8 Å². The number of primary amides is 1. The summed E-state index contributed by atoms with van der Waals surface area (Å²) >= 11 is 5.68. The van der Waals surface area contributed by atoms with Crippen LogP contribution in [0.4, 0.5) is 5.69 Å². The molecule has 8 heteroatoms. The SMILES string of the molecule is COc1ccc(C(N)=O)cc1NC(=O)c1cncc(Cl)n1. The van der Waals surface area contributed by atoms with Crippen LogP contribution in [0.3, 0.4) is 0 Å². The lowest BCUT2D eigenvalue weighted by Gasteiger charge is -2.10. The molecule has 0 fully saturated rings. The van der Waals surface area contributed by atoms with Gasteiger partial charge in [0.1, 0.15) is 16.6 Å². The summed E-state index contributed by atoms with van der Waals surface area (Å²) in [5, 5.41) is 2.67. The van der Waals surface area contributed by atoms with Gasteiger partial charge in [-0.3, -0.25) is 14.6 Å². The van der Waals surface area contributed by atoms with E-state index < -0.39 is 11.8 Å². The first-order valence-corrected chi connectivity index (χ1v) is 6.16. The third kappa shape index (κ3) is 3.46. The molecule has 0 saturated carbocycles. The molecular formula is C13H11ClN4O3. The third-order valence-corrected chi connectivity index (χ3v) is 2.75. The maximum atomic E-state index is 12.1. The summed E-state index contributed by atoms with van der Waals surface area (Å²) in [4.78, 5) is 30.9. The number of nitrogens with two attached hydrogens (primary N) is 1. The van der Waals surface area contributed by atoms with E-state index in [2.05, 4.69) is 15.3 Å². The number of hydrogen-bond donors (Lipinski definition) is 2. The lowest BCUT2D eigenvalue weighted by molar-refractivity contribution is 0.0995. The van der Waals surface area contributed by atoms with E-state index in [1.165, 1.54) is 37.7 Å². The fourth-order valence-electron chi connectivity index (χ4n) is 1.60. The highest BCUT2D eigenvalue weighted by Crippen LogP contribution is 2.25. The molecule has 0 radical (unpaired) electrons. The second-order valence-corrected chi connectivity index (χ2v) is 4.35. The van der Waals surface area contributed by atoms with Crippen molar-refractivity contribution in [3.05, 3.63) is 47.0 Å². The second kappa shape index (κ2) is 6.19. The minimum Gasteiger partial charge on any atom is -0.495 e. The summed E-state index contributed by atoms with van der Waals surface area (Å²) in [6.45, 7) is 0. The molecule has 108 valence electrons. The summed E-state index contributed by atoms with van der Waals surface area (Å²) < 4.78 is 5.11. The Balaban J connectivity index is 2.31. The number of ether oxygens (including phenoxy) is 1. The number of amides is 2. The van der Waals surface area contributed by atoms with Crippen LogP contribution in [0.1, 0.15) is 20.8 Å². The number of hydrogen-bond acceptors (Lipinski definition) is 5. The molecule has 0 unspecified atom stereocenters.